The zero-order chi connectivity index (χ0) is 21.2. The fraction of sp³-hybridized carbons (Fsp3) is 0.455. The number of carbonyl (C=O) groups excluding carboxylic acids is 2. The smallest absolute Gasteiger partial charge is 0.274 e. The summed E-state index contributed by atoms with van der Waals surface area (Å²) in [7, 11) is 0. The molecule has 2 heterocycles. The molecule has 2 aromatic rings. The molecule has 2 amide bonds. The molecule has 1 saturated heterocycles. The number of nitrogens with one attached hydrogen (secondary N) is 1. The highest BCUT2D eigenvalue weighted by molar-refractivity contribution is 6.03. The van der Waals surface area contributed by atoms with Crippen LogP contribution in [0.25, 0.3) is 0 Å². The molecular weight excluding hydrogens is 366 g/mol. The van der Waals surface area contributed by atoms with Crippen LogP contribution in [0.1, 0.15) is 49.4 Å². The highest BCUT2D eigenvalue weighted by atomic mass is 16.2. The summed E-state index contributed by atoms with van der Waals surface area (Å²) in [5, 5.41) is 3.01. The van der Waals surface area contributed by atoms with Crippen LogP contribution in [0.15, 0.2) is 30.3 Å². The topological polar surface area (TPSA) is 78.4 Å². The summed E-state index contributed by atoms with van der Waals surface area (Å²) in [5.41, 5.74) is 2.84. The zero-order valence-electron chi connectivity index (χ0n) is 17.8. The number of hydrogen-bond acceptors (Lipinski definition) is 5. The summed E-state index contributed by atoms with van der Waals surface area (Å²) in [4.78, 5) is 37.3. The maximum atomic E-state index is 12.9. The second-order valence-electron chi connectivity index (χ2n) is 8.44. The molecule has 1 aromatic heterocycles. The average molecular weight is 396 g/mol. The van der Waals surface area contributed by atoms with E-state index in [1.165, 1.54) is 0 Å². The number of piperazine rings is 1. The number of hydrogen-bond donors (Lipinski definition) is 1. The van der Waals surface area contributed by atoms with Crippen LogP contribution in [0.4, 0.5) is 11.6 Å². The van der Waals surface area contributed by atoms with Crippen molar-refractivity contribution in [2.24, 2.45) is 0 Å². The van der Waals surface area contributed by atoms with Crippen molar-refractivity contribution in [3.8, 4) is 0 Å². The van der Waals surface area contributed by atoms with E-state index in [0.29, 0.717) is 37.8 Å². The van der Waals surface area contributed by atoms with Crippen LogP contribution in [0.2, 0.25) is 0 Å². The second-order valence-corrected chi connectivity index (χ2v) is 8.44. The Kier molecular flexibility index (Phi) is 5.86. The molecule has 0 aliphatic carbocycles. The molecule has 0 unspecified atom stereocenters. The first-order valence-electron chi connectivity index (χ1n) is 9.92. The lowest BCUT2D eigenvalue weighted by Gasteiger charge is -2.34. The van der Waals surface area contributed by atoms with Crippen molar-refractivity contribution in [1.82, 2.24) is 14.9 Å². The standard InChI is InChI=1S/C22H29N5O2/c1-15-14-19(20(29)24-18-9-7-6-8-17(18)22(3,4)5)25-21(23-15)27-12-10-26(11-13-27)16(2)28/h6-9,14H,10-13H2,1-5H3,(H,24,29). The average Bonchev–Trinajstić information content (AvgIpc) is 2.67. The quantitative estimate of drug-likeness (QED) is 0.864. The Morgan fingerprint density at radius 3 is 2.31 bits per heavy atom. The second kappa shape index (κ2) is 8.19. The molecule has 0 radical (unpaired) electrons. The monoisotopic (exact) mass is 395 g/mol. The van der Waals surface area contributed by atoms with Crippen molar-refractivity contribution < 1.29 is 9.59 Å². The summed E-state index contributed by atoms with van der Waals surface area (Å²) in [6.45, 7) is 12.4. The van der Waals surface area contributed by atoms with E-state index in [-0.39, 0.29) is 17.2 Å². The van der Waals surface area contributed by atoms with Gasteiger partial charge in [0.25, 0.3) is 5.91 Å². The number of rotatable bonds is 3. The molecule has 7 heteroatoms. The Morgan fingerprint density at radius 1 is 1.03 bits per heavy atom. The maximum absolute atomic E-state index is 12.9. The predicted molar refractivity (Wildman–Crippen MR) is 114 cm³/mol. The van der Waals surface area contributed by atoms with Crippen LogP contribution < -0.4 is 10.2 Å². The fourth-order valence-electron chi connectivity index (χ4n) is 3.46. The summed E-state index contributed by atoms with van der Waals surface area (Å²) in [6, 6.07) is 9.53. The van der Waals surface area contributed by atoms with Crippen LogP contribution in [0, 0.1) is 6.92 Å². The number of amides is 2. The molecule has 1 aromatic carbocycles. The highest BCUT2D eigenvalue weighted by Gasteiger charge is 2.23. The predicted octanol–water partition coefficient (Wildman–Crippen LogP) is 3.00. The van der Waals surface area contributed by atoms with E-state index in [1.54, 1.807) is 13.0 Å². The van der Waals surface area contributed by atoms with Crippen LogP contribution in [0.5, 0.6) is 0 Å². The molecule has 0 atom stereocenters. The van der Waals surface area contributed by atoms with E-state index in [2.05, 4.69) is 36.1 Å². The van der Waals surface area contributed by atoms with Gasteiger partial charge in [-0.2, -0.15) is 0 Å². The lowest BCUT2D eigenvalue weighted by atomic mass is 9.86. The van der Waals surface area contributed by atoms with E-state index in [4.69, 9.17) is 0 Å². The van der Waals surface area contributed by atoms with Gasteiger partial charge in [-0.15, -0.1) is 0 Å². The van der Waals surface area contributed by atoms with Gasteiger partial charge in [0.2, 0.25) is 11.9 Å². The van der Waals surface area contributed by atoms with E-state index in [1.807, 2.05) is 41.0 Å². The number of anilines is 2. The maximum Gasteiger partial charge on any atom is 0.274 e. The van der Waals surface area contributed by atoms with E-state index in [9.17, 15) is 9.59 Å². The third-order valence-corrected chi connectivity index (χ3v) is 5.07. The number of aromatic nitrogens is 2. The van der Waals surface area contributed by atoms with Gasteiger partial charge in [-0.3, -0.25) is 9.59 Å². The number of carbonyl (C=O) groups is 2. The summed E-state index contributed by atoms with van der Waals surface area (Å²) < 4.78 is 0. The minimum Gasteiger partial charge on any atom is -0.339 e. The Morgan fingerprint density at radius 2 is 1.69 bits per heavy atom. The van der Waals surface area contributed by atoms with Gasteiger partial charge >= 0.3 is 0 Å². The lowest BCUT2D eigenvalue weighted by Crippen LogP contribution is -2.48. The van der Waals surface area contributed by atoms with Crippen molar-refractivity contribution in [1.29, 1.82) is 0 Å². The number of nitrogens with zero attached hydrogens (tertiary/aromatic N) is 4. The Bertz CT molecular complexity index is 912. The first-order chi connectivity index (χ1) is 13.6. The molecule has 0 saturated carbocycles. The zero-order valence-corrected chi connectivity index (χ0v) is 17.8. The highest BCUT2D eigenvalue weighted by Crippen LogP contribution is 2.29. The fourth-order valence-corrected chi connectivity index (χ4v) is 3.46. The SMILES string of the molecule is CC(=O)N1CCN(c2nc(C)cc(C(=O)Nc3ccccc3C(C)(C)C)n2)CC1. The minimum atomic E-state index is -0.254. The van der Waals surface area contributed by atoms with Crippen molar-refractivity contribution in [2.45, 2.75) is 40.0 Å². The van der Waals surface area contributed by atoms with E-state index >= 15 is 0 Å². The molecule has 7 nitrogen and oxygen atoms in total. The molecule has 0 spiro atoms. The van der Waals surface area contributed by atoms with Gasteiger partial charge in [0.1, 0.15) is 5.69 Å². The van der Waals surface area contributed by atoms with Crippen molar-refractivity contribution in [2.75, 3.05) is 36.4 Å². The molecule has 3 rings (SSSR count). The first-order valence-corrected chi connectivity index (χ1v) is 9.92. The molecule has 1 aliphatic rings. The molecule has 0 bridgehead atoms. The number of para-hydroxylation sites is 1. The van der Waals surface area contributed by atoms with Crippen molar-refractivity contribution in [3.05, 3.63) is 47.3 Å². The van der Waals surface area contributed by atoms with Gasteiger partial charge in [-0.1, -0.05) is 39.0 Å². The van der Waals surface area contributed by atoms with Crippen molar-refractivity contribution >= 4 is 23.5 Å². The van der Waals surface area contributed by atoms with E-state index in [0.717, 1.165) is 16.9 Å². The summed E-state index contributed by atoms with van der Waals surface area (Å²) in [6.07, 6.45) is 0. The van der Waals surface area contributed by atoms with Crippen LogP contribution >= 0.6 is 0 Å². The molecule has 29 heavy (non-hydrogen) atoms. The van der Waals surface area contributed by atoms with Crippen LogP contribution in [-0.2, 0) is 10.2 Å². The first kappa shape index (κ1) is 20.8. The van der Waals surface area contributed by atoms with E-state index < -0.39 is 0 Å². The van der Waals surface area contributed by atoms with Gasteiger partial charge in [0.05, 0.1) is 0 Å². The normalized spacial score (nSPS) is 14.7. The van der Waals surface area contributed by atoms with Gasteiger partial charge in [0.15, 0.2) is 0 Å². The Labute approximate surface area is 172 Å². The van der Waals surface area contributed by atoms with Crippen molar-refractivity contribution in [3.63, 3.8) is 0 Å². The lowest BCUT2D eigenvalue weighted by molar-refractivity contribution is -0.129. The largest absolute Gasteiger partial charge is 0.339 e. The summed E-state index contributed by atoms with van der Waals surface area (Å²) >= 11 is 0. The number of benzene rings is 1. The van der Waals surface area contributed by atoms with Gasteiger partial charge in [0, 0.05) is 44.5 Å². The minimum absolute atomic E-state index is 0.0763. The Hall–Kier alpha value is -2.96. The molecule has 1 fully saturated rings. The van der Waals surface area contributed by atoms with Crippen LogP contribution in [0.3, 0.4) is 0 Å². The molecular formula is C22H29N5O2. The molecule has 154 valence electrons. The van der Waals surface area contributed by atoms with Gasteiger partial charge in [-0.25, -0.2) is 9.97 Å². The Balaban J connectivity index is 1.80. The number of aryl methyl sites for hydroxylation is 1. The third-order valence-electron chi connectivity index (χ3n) is 5.07. The molecule has 1 N–H and O–H groups in total. The molecule has 1 aliphatic heterocycles. The summed E-state index contributed by atoms with van der Waals surface area (Å²) in [5.74, 6) is 0.352. The van der Waals surface area contributed by atoms with Crippen LogP contribution in [-0.4, -0.2) is 52.9 Å². The third kappa shape index (κ3) is 4.91. The van der Waals surface area contributed by atoms with Gasteiger partial charge < -0.3 is 15.1 Å². The van der Waals surface area contributed by atoms with Gasteiger partial charge in [-0.05, 0) is 30.0 Å².